The second kappa shape index (κ2) is 3.32. The molecule has 1 aliphatic rings. The molecule has 2 heterocycles. The summed E-state index contributed by atoms with van der Waals surface area (Å²) in [6.07, 6.45) is 3.57. The topological polar surface area (TPSA) is 75.1 Å². The molecule has 3 rings (SSSR count). The summed E-state index contributed by atoms with van der Waals surface area (Å²) < 4.78 is 1.47. The predicted octanol–water partition coefficient (Wildman–Crippen LogP) is 1.08. The number of rotatable bonds is 2. The third kappa shape index (κ3) is 1.60. The quantitative estimate of drug-likeness (QED) is 0.814. The van der Waals surface area contributed by atoms with Crippen LogP contribution in [0, 0.1) is 6.92 Å². The van der Waals surface area contributed by atoms with Crippen LogP contribution in [-0.4, -0.2) is 25.1 Å². The van der Waals surface area contributed by atoms with Gasteiger partial charge >= 0.3 is 5.69 Å². The smallest absolute Gasteiger partial charge is 0.349 e. The van der Waals surface area contributed by atoms with Crippen LogP contribution in [0.5, 0.6) is 0 Å². The van der Waals surface area contributed by atoms with Crippen LogP contribution in [0.4, 0.5) is 5.82 Å². The Balaban J connectivity index is 2.03. The molecule has 0 spiro atoms. The van der Waals surface area contributed by atoms with Crippen molar-refractivity contribution < 1.29 is 0 Å². The highest BCUT2D eigenvalue weighted by molar-refractivity contribution is 5.51. The molecule has 0 radical (unpaired) electrons. The fraction of sp³-hybridized carbons (Fsp3) is 0.545. The number of nitrogens with one attached hydrogen (secondary N) is 2. The number of fused-ring (bicyclic) bond motifs is 1. The van der Waals surface area contributed by atoms with Crippen LogP contribution in [0.3, 0.4) is 0 Å². The molecule has 17 heavy (non-hydrogen) atoms. The van der Waals surface area contributed by atoms with Gasteiger partial charge < -0.3 is 5.32 Å². The van der Waals surface area contributed by atoms with Crippen molar-refractivity contribution in [3.8, 4) is 0 Å². The molecular formula is C11H15N5O. The van der Waals surface area contributed by atoms with Crippen LogP contribution in [0.15, 0.2) is 10.9 Å². The fourth-order valence-electron chi connectivity index (χ4n) is 2.30. The van der Waals surface area contributed by atoms with Gasteiger partial charge in [0.25, 0.3) is 0 Å². The number of hydrogen-bond donors (Lipinski definition) is 2. The zero-order chi connectivity index (χ0) is 12.0. The van der Waals surface area contributed by atoms with Crippen molar-refractivity contribution >= 4 is 11.5 Å². The number of aromatic amines is 1. The number of H-pyrrole nitrogens is 1. The van der Waals surface area contributed by atoms with E-state index in [0.29, 0.717) is 11.5 Å². The summed E-state index contributed by atoms with van der Waals surface area (Å²) in [6, 6.07) is 1.80. The Morgan fingerprint density at radius 2 is 2.29 bits per heavy atom. The highest BCUT2D eigenvalue weighted by atomic mass is 16.1. The summed E-state index contributed by atoms with van der Waals surface area (Å²) >= 11 is 0. The van der Waals surface area contributed by atoms with Gasteiger partial charge in [-0.3, -0.25) is 0 Å². The Morgan fingerprint density at radius 3 is 2.94 bits per heavy atom. The van der Waals surface area contributed by atoms with E-state index in [1.165, 1.54) is 10.8 Å². The lowest BCUT2D eigenvalue weighted by Gasteiger charge is -2.39. The summed E-state index contributed by atoms with van der Waals surface area (Å²) in [6.45, 7) is 3.99. The van der Waals surface area contributed by atoms with Gasteiger partial charge in [0.2, 0.25) is 0 Å². The molecule has 0 amide bonds. The first-order valence-electron chi connectivity index (χ1n) is 5.80. The normalized spacial score (nSPS) is 18.0. The van der Waals surface area contributed by atoms with E-state index in [4.69, 9.17) is 0 Å². The molecule has 2 N–H and O–H groups in total. The first kappa shape index (κ1) is 10.3. The number of nitrogens with zero attached hydrogens (tertiary/aromatic N) is 3. The first-order valence-corrected chi connectivity index (χ1v) is 5.80. The summed E-state index contributed by atoms with van der Waals surface area (Å²) in [7, 11) is 0. The van der Waals surface area contributed by atoms with E-state index in [-0.39, 0.29) is 11.2 Å². The van der Waals surface area contributed by atoms with Crippen LogP contribution >= 0.6 is 0 Å². The third-order valence-corrected chi connectivity index (χ3v) is 3.46. The maximum atomic E-state index is 11.4. The molecular weight excluding hydrogens is 218 g/mol. The first-order chi connectivity index (χ1) is 8.07. The molecule has 2 aromatic rings. The van der Waals surface area contributed by atoms with Gasteiger partial charge in [0.1, 0.15) is 11.6 Å². The molecule has 0 unspecified atom stereocenters. The third-order valence-electron chi connectivity index (χ3n) is 3.46. The highest BCUT2D eigenvalue weighted by Gasteiger charge is 2.31. The number of hydrogen-bond acceptors (Lipinski definition) is 4. The number of aromatic nitrogens is 4. The Hall–Kier alpha value is -1.85. The molecule has 2 aromatic heterocycles. The lowest BCUT2D eigenvalue weighted by molar-refractivity contribution is 0.305. The average Bonchev–Trinajstić information content (AvgIpc) is 2.58. The molecule has 1 saturated carbocycles. The Bertz CT molecular complexity index is 622. The number of anilines is 1. The maximum Gasteiger partial charge on any atom is 0.349 e. The minimum Gasteiger partial charge on any atom is -0.365 e. The highest BCUT2D eigenvalue weighted by Crippen LogP contribution is 2.34. The van der Waals surface area contributed by atoms with Crippen molar-refractivity contribution in [3.05, 3.63) is 22.4 Å². The van der Waals surface area contributed by atoms with Crippen molar-refractivity contribution in [2.75, 3.05) is 5.32 Å². The van der Waals surface area contributed by atoms with Crippen LogP contribution in [0.2, 0.25) is 0 Å². The Kier molecular flexibility index (Phi) is 2.01. The van der Waals surface area contributed by atoms with E-state index in [1.807, 2.05) is 0 Å². The summed E-state index contributed by atoms with van der Waals surface area (Å²) in [5, 5.41) is 9.80. The van der Waals surface area contributed by atoms with E-state index in [9.17, 15) is 4.79 Å². The van der Waals surface area contributed by atoms with E-state index in [1.54, 1.807) is 13.0 Å². The monoisotopic (exact) mass is 233 g/mol. The van der Waals surface area contributed by atoms with Crippen LogP contribution in [0.25, 0.3) is 5.65 Å². The van der Waals surface area contributed by atoms with Crippen molar-refractivity contribution in [1.82, 2.24) is 19.6 Å². The van der Waals surface area contributed by atoms with E-state index >= 15 is 0 Å². The summed E-state index contributed by atoms with van der Waals surface area (Å²) in [5.74, 6) is 1.43. The van der Waals surface area contributed by atoms with E-state index < -0.39 is 0 Å². The van der Waals surface area contributed by atoms with Gasteiger partial charge in [-0.1, -0.05) is 0 Å². The van der Waals surface area contributed by atoms with E-state index in [2.05, 4.69) is 27.4 Å². The second-order valence-electron chi connectivity index (χ2n) is 4.95. The predicted molar refractivity (Wildman–Crippen MR) is 64.2 cm³/mol. The standard InChI is InChI=1S/C11H15N5O/c1-7-12-8(13-11(2)4-3-5-11)6-9-14-15-10(17)16(7)9/h6,13H,3-5H2,1-2H3,(H,15,17). The van der Waals surface area contributed by atoms with Gasteiger partial charge in [0.05, 0.1) is 0 Å². The zero-order valence-electron chi connectivity index (χ0n) is 9.95. The fourth-order valence-corrected chi connectivity index (χ4v) is 2.30. The molecule has 0 atom stereocenters. The van der Waals surface area contributed by atoms with Gasteiger partial charge in [0.15, 0.2) is 5.65 Å². The lowest BCUT2D eigenvalue weighted by atomic mass is 9.78. The van der Waals surface area contributed by atoms with Crippen molar-refractivity contribution in [2.45, 2.75) is 38.6 Å². The minimum absolute atomic E-state index is 0.147. The molecule has 6 heteroatoms. The molecule has 1 fully saturated rings. The second-order valence-corrected chi connectivity index (χ2v) is 4.95. The van der Waals surface area contributed by atoms with Gasteiger partial charge in [-0.15, -0.1) is 0 Å². The molecule has 1 aliphatic carbocycles. The molecule has 90 valence electrons. The molecule has 0 aliphatic heterocycles. The van der Waals surface area contributed by atoms with Gasteiger partial charge in [-0.05, 0) is 33.1 Å². The van der Waals surface area contributed by atoms with Crippen molar-refractivity contribution in [1.29, 1.82) is 0 Å². The zero-order valence-corrected chi connectivity index (χ0v) is 9.95. The maximum absolute atomic E-state index is 11.4. The van der Waals surface area contributed by atoms with E-state index in [0.717, 1.165) is 18.7 Å². The molecule has 6 nitrogen and oxygen atoms in total. The summed E-state index contributed by atoms with van der Waals surface area (Å²) in [4.78, 5) is 15.8. The SMILES string of the molecule is Cc1nc(NC2(C)CCC2)cc2n[nH]c(=O)n12. The van der Waals surface area contributed by atoms with Gasteiger partial charge in [-0.25, -0.2) is 19.3 Å². The molecule has 0 bridgehead atoms. The average molecular weight is 233 g/mol. The van der Waals surface area contributed by atoms with Crippen molar-refractivity contribution in [3.63, 3.8) is 0 Å². The minimum atomic E-state index is -0.244. The van der Waals surface area contributed by atoms with Gasteiger partial charge in [0, 0.05) is 11.6 Å². The van der Waals surface area contributed by atoms with Crippen LogP contribution < -0.4 is 11.0 Å². The Morgan fingerprint density at radius 1 is 1.53 bits per heavy atom. The van der Waals surface area contributed by atoms with Crippen molar-refractivity contribution in [2.24, 2.45) is 0 Å². The lowest BCUT2D eigenvalue weighted by Crippen LogP contribution is -2.42. The van der Waals surface area contributed by atoms with Crippen LogP contribution in [-0.2, 0) is 0 Å². The Labute approximate surface area is 98.1 Å². The number of aryl methyl sites for hydroxylation is 1. The largest absolute Gasteiger partial charge is 0.365 e. The summed E-state index contributed by atoms with van der Waals surface area (Å²) in [5.41, 5.74) is 0.508. The molecule has 0 aromatic carbocycles. The van der Waals surface area contributed by atoms with Gasteiger partial charge in [-0.2, -0.15) is 5.10 Å². The van der Waals surface area contributed by atoms with Crippen LogP contribution in [0.1, 0.15) is 32.0 Å². The molecule has 0 saturated heterocycles.